The Kier molecular flexibility index (Phi) is 8.31. The van der Waals surface area contributed by atoms with Gasteiger partial charge in [0.25, 0.3) is 0 Å². The third-order valence-electron chi connectivity index (χ3n) is 5.18. The van der Waals surface area contributed by atoms with Gasteiger partial charge in [-0.1, -0.05) is 44.1 Å². The van der Waals surface area contributed by atoms with Crippen LogP contribution in [0.15, 0.2) is 39.8 Å². The molecule has 0 fully saturated rings. The quantitative estimate of drug-likeness (QED) is 0.304. The molecule has 1 aromatic heterocycles. The maximum absolute atomic E-state index is 4.56. The summed E-state index contributed by atoms with van der Waals surface area (Å²) in [5.41, 5.74) is 4.77. The Labute approximate surface area is 183 Å². The van der Waals surface area contributed by atoms with E-state index in [4.69, 9.17) is 0 Å². The molecule has 3 nitrogen and oxygen atoms in total. The van der Waals surface area contributed by atoms with E-state index in [1.165, 1.54) is 68.9 Å². The monoisotopic (exact) mass is 451 g/mol. The van der Waals surface area contributed by atoms with Gasteiger partial charge in [-0.15, -0.1) is 0 Å². The summed E-state index contributed by atoms with van der Waals surface area (Å²) in [6.07, 6.45) is 13.5. The van der Waals surface area contributed by atoms with Gasteiger partial charge in [-0.3, -0.25) is 0 Å². The van der Waals surface area contributed by atoms with Crippen molar-refractivity contribution in [3.05, 3.63) is 57.2 Å². The second kappa shape index (κ2) is 11.2. The Hall–Kier alpha value is -2.12. The van der Waals surface area contributed by atoms with Crippen LogP contribution < -0.4 is 0 Å². The van der Waals surface area contributed by atoms with Crippen LogP contribution in [0.4, 0.5) is 5.82 Å². The minimum atomic E-state index is 0.660. The molecular formula is C25H30BrN3. The molecule has 0 aliphatic heterocycles. The lowest BCUT2D eigenvalue weighted by molar-refractivity contribution is 0.587. The Morgan fingerprint density at radius 2 is 1.59 bits per heavy atom. The van der Waals surface area contributed by atoms with Crippen molar-refractivity contribution in [2.45, 2.75) is 57.8 Å². The van der Waals surface area contributed by atoms with Crippen molar-refractivity contribution in [1.82, 2.24) is 9.88 Å². The molecule has 29 heavy (non-hydrogen) atoms. The highest BCUT2D eigenvalue weighted by molar-refractivity contribution is 9.10. The number of aromatic nitrogens is 1. The van der Waals surface area contributed by atoms with Crippen LogP contribution >= 0.6 is 15.9 Å². The summed E-state index contributed by atoms with van der Waals surface area (Å²) in [4.78, 5) is 10.8. The highest BCUT2D eigenvalue weighted by atomic mass is 79.9. The highest BCUT2D eigenvalue weighted by Gasteiger charge is 2.06. The van der Waals surface area contributed by atoms with E-state index in [0.717, 1.165) is 15.7 Å². The molecule has 0 saturated carbocycles. The number of halogens is 1. The molecule has 1 heterocycles. The molecule has 152 valence electrons. The van der Waals surface area contributed by atoms with Gasteiger partial charge in [0.2, 0.25) is 0 Å². The third-order valence-corrected chi connectivity index (χ3v) is 5.82. The summed E-state index contributed by atoms with van der Waals surface area (Å²) in [5, 5.41) is 0. The van der Waals surface area contributed by atoms with Crippen molar-refractivity contribution in [2.24, 2.45) is 4.99 Å². The fraction of sp³-hybridized carbons (Fsp3) is 0.440. The lowest BCUT2D eigenvalue weighted by atomic mass is 9.96. The van der Waals surface area contributed by atoms with E-state index in [-0.39, 0.29) is 0 Å². The van der Waals surface area contributed by atoms with Crippen molar-refractivity contribution in [3.63, 3.8) is 0 Å². The van der Waals surface area contributed by atoms with E-state index in [1.807, 2.05) is 31.1 Å². The molecule has 0 spiro atoms. The van der Waals surface area contributed by atoms with Gasteiger partial charge in [-0.2, -0.15) is 0 Å². The molecule has 1 aromatic carbocycles. The zero-order valence-corrected chi connectivity index (χ0v) is 19.1. The van der Waals surface area contributed by atoms with Gasteiger partial charge in [0.05, 0.1) is 10.8 Å². The Balaban J connectivity index is 1.81. The predicted molar refractivity (Wildman–Crippen MR) is 126 cm³/mol. The van der Waals surface area contributed by atoms with Gasteiger partial charge in [0.1, 0.15) is 5.69 Å². The first-order chi connectivity index (χ1) is 14.1. The fourth-order valence-corrected chi connectivity index (χ4v) is 3.91. The normalized spacial score (nSPS) is 15.1. The molecular weight excluding hydrogens is 422 g/mol. The van der Waals surface area contributed by atoms with Gasteiger partial charge in [-0.25, -0.2) is 9.98 Å². The van der Waals surface area contributed by atoms with Crippen LogP contribution in [0.2, 0.25) is 0 Å². The molecule has 3 rings (SSSR count). The van der Waals surface area contributed by atoms with Crippen LogP contribution in [0.5, 0.6) is 0 Å². The molecule has 0 amide bonds. The Bertz CT molecular complexity index is 906. The first-order valence-electron chi connectivity index (χ1n) is 10.6. The number of benzene rings is 1. The summed E-state index contributed by atoms with van der Waals surface area (Å²) in [5.74, 6) is 7.20. The van der Waals surface area contributed by atoms with Crippen LogP contribution in [0, 0.1) is 11.8 Å². The number of aryl methyl sites for hydroxylation is 2. The molecule has 1 aliphatic rings. The molecule has 0 unspecified atom stereocenters. The summed E-state index contributed by atoms with van der Waals surface area (Å²) >= 11 is 3.56. The van der Waals surface area contributed by atoms with Crippen LogP contribution in [0.25, 0.3) is 0 Å². The van der Waals surface area contributed by atoms with Crippen LogP contribution in [0.1, 0.15) is 67.3 Å². The standard InChI is InChI=1S/C25H30BrN3/c1-29(2)19-27-25-17-15-23(26)24(28-25)16-13-20-12-14-21-10-8-6-4-3-5-7-9-11-22(21)18-20/h12,14-15,17-19H,3-11H2,1-2H3/b27-19+. The molecule has 4 heteroatoms. The van der Waals surface area contributed by atoms with Gasteiger partial charge >= 0.3 is 0 Å². The average molecular weight is 452 g/mol. The second-order valence-electron chi connectivity index (χ2n) is 7.92. The maximum atomic E-state index is 4.56. The molecule has 0 bridgehead atoms. The summed E-state index contributed by atoms with van der Waals surface area (Å²) < 4.78 is 0.893. The van der Waals surface area contributed by atoms with Crippen LogP contribution in [0.3, 0.4) is 0 Å². The lowest BCUT2D eigenvalue weighted by Gasteiger charge is -2.09. The number of pyridine rings is 1. The molecule has 0 N–H and O–H groups in total. The van der Waals surface area contributed by atoms with E-state index in [2.05, 4.69) is 55.9 Å². The topological polar surface area (TPSA) is 28.5 Å². The average Bonchev–Trinajstić information content (AvgIpc) is 2.76. The van der Waals surface area contributed by atoms with Crippen molar-refractivity contribution < 1.29 is 0 Å². The Morgan fingerprint density at radius 3 is 2.31 bits per heavy atom. The third kappa shape index (κ3) is 7.01. The molecule has 0 atom stereocenters. The van der Waals surface area contributed by atoms with Gasteiger partial charge in [0.15, 0.2) is 5.82 Å². The SMILES string of the molecule is CN(C)/C=N/c1ccc(Br)c(C#Cc2ccc3c(c2)CCCCCCCCC3)n1. The number of fused-ring (bicyclic) bond motifs is 1. The van der Waals surface area contributed by atoms with Gasteiger partial charge < -0.3 is 4.90 Å². The first kappa shape index (κ1) is 21.6. The van der Waals surface area contributed by atoms with Gasteiger partial charge in [0, 0.05) is 19.7 Å². The van der Waals surface area contributed by atoms with E-state index in [1.54, 1.807) is 6.34 Å². The first-order valence-corrected chi connectivity index (χ1v) is 11.4. The molecule has 0 saturated heterocycles. The van der Waals surface area contributed by atoms with Crippen LogP contribution in [-0.2, 0) is 12.8 Å². The smallest absolute Gasteiger partial charge is 0.155 e. The molecule has 0 radical (unpaired) electrons. The van der Waals surface area contributed by atoms with E-state index < -0.39 is 0 Å². The zero-order valence-electron chi connectivity index (χ0n) is 17.5. The fourth-order valence-electron chi connectivity index (χ4n) is 3.59. The summed E-state index contributed by atoms with van der Waals surface area (Å²) in [6.45, 7) is 0. The van der Waals surface area contributed by atoms with E-state index in [0.29, 0.717) is 5.82 Å². The second-order valence-corrected chi connectivity index (χ2v) is 8.77. The summed E-state index contributed by atoms with van der Waals surface area (Å²) in [7, 11) is 3.88. The van der Waals surface area contributed by atoms with Crippen molar-refractivity contribution >= 4 is 28.1 Å². The van der Waals surface area contributed by atoms with Crippen molar-refractivity contribution in [2.75, 3.05) is 14.1 Å². The van der Waals surface area contributed by atoms with Crippen molar-refractivity contribution in [1.29, 1.82) is 0 Å². The number of hydrogen-bond donors (Lipinski definition) is 0. The minimum absolute atomic E-state index is 0.660. The van der Waals surface area contributed by atoms with Crippen molar-refractivity contribution in [3.8, 4) is 11.8 Å². The van der Waals surface area contributed by atoms with Crippen LogP contribution in [-0.4, -0.2) is 30.3 Å². The maximum Gasteiger partial charge on any atom is 0.155 e. The van der Waals surface area contributed by atoms with Gasteiger partial charge in [-0.05, 0) is 82.9 Å². The summed E-state index contributed by atoms with van der Waals surface area (Å²) in [6, 6.07) is 10.6. The Morgan fingerprint density at radius 1 is 0.897 bits per heavy atom. The predicted octanol–water partition coefficient (Wildman–Crippen LogP) is 6.29. The molecule has 2 aromatic rings. The van der Waals surface area contributed by atoms with E-state index in [9.17, 15) is 0 Å². The molecule has 1 aliphatic carbocycles. The number of hydrogen-bond acceptors (Lipinski definition) is 2. The number of rotatable bonds is 2. The zero-order chi connectivity index (χ0) is 20.5. The lowest BCUT2D eigenvalue weighted by Crippen LogP contribution is -2.07. The number of nitrogens with zero attached hydrogens (tertiary/aromatic N) is 3. The largest absolute Gasteiger partial charge is 0.369 e. The number of aliphatic imine (C=N–C) groups is 1. The minimum Gasteiger partial charge on any atom is -0.369 e. The highest BCUT2D eigenvalue weighted by Crippen LogP contribution is 2.21. The van der Waals surface area contributed by atoms with E-state index >= 15 is 0 Å².